The molecule has 0 aliphatic rings. The second-order valence-corrected chi connectivity index (χ2v) is 9.24. The summed E-state index contributed by atoms with van der Waals surface area (Å²) < 4.78 is 46.0. The minimum Gasteiger partial charge on any atom is -0.494 e. The second kappa shape index (κ2) is 10.9. The Balaban J connectivity index is 1.60. The molecule has 4 heteroatoms. The van der Waals surface area contributed by atoms with Crippen molar-refractivity contribution in [1.82, 2.24) is 0 Å². The summed E-state index contributed by atoms with van der Waals surface area (Å²) in [5, 5.41) is 0. The van der Waals surface area contributed by atoms with Gasteiger partial charge < -0.3 is 4.74 Å². The Kier molecular flexibility index (Phi) is 8.23. The van der Waals surface area contributed by atoms with Gasteiger partial charge in [0, 0.05) is 0 Å². The van der Waals surface area contributed by atoms with E-state index in [0.29, 0.717) is 18.9 Å². The number of alkyl halides is 3. The van der Waals surface area contributed by atoms with Gasteiger partial charge in [0.15, 0.2) is 0 Å². The summed E-state index contributed by atoms with van der Waals surface area (Å²) in [6, 6.07) is 22.8. The Bertz CT molecular complexity index is 1010. The average Bonchev–Trinajstić information content (AvgIpc) is 2.79. The minimum absolute atomic E-state index is 0.0439. The molecule has 0 saturated carbocycles. The van der Waals surface area contributed by atoms with Crippen LogP contribution in [0.25, 0.3) is 0 Å². The van der Waals surface area contributed by atoms with Gasteiger partial charge in [-0.2, -0.15) is 13.2 Å². The van der Waals surface area contributed by atoms with Crippen molar-refractivity contribution in [3.63, 3.8) is 0 Å². The van der Waals surface area contributed by atoms with E-state index in [1.807, 2.05) is 57.2 Å². The highest BCUT2D eigenvalue weighted by atomic mass is 19.4. The van der Waals surface area contributed by atoms with E-state index in [2.05, 4.69) is 31.2 Å². The highest BCUT2D eigenvalue weighted by molar-refractivity contribution is 5.36. The molecule has 33 heavy (non-hydrogen) atoms. The summed E-state index contributed by atoms with van der Waals surface area (Å²) in [6.07, 6.45) is -2.85. The van der Waals surface area contributed by atoms with Gasteiger partial charge in [-0.25, -0.2) is 0 Å². The van der Waals surface area contributed by atoms with Gasteiger partial charge in [0.25, 0.3) is 0 Å². The smallest absolute Gasteiger partial charge is 0.416 e. The first kappa shape index (κ1) is 24.9. The molecule has 0 N–H and O–H groups in total. The Hall–Kier alpha value is -2.75. The van der Waals surface area contributed by atoms with E-state index in [0.717, 1.165) is 28.9 Å². The zero-order chi connectivity index (χ0) is 24.0. The van der Waals surface area contributed by atoms with Crippen molar-refractivity contribution in [2.45, 2.75) is 64.5 Å². The highest BCUT2D eigenvalue weighted by Crippen LogP contribution is 2.34. The third-order valence-electron chi connectivity index (χ3n) is 6.19. The molecule has 0 amide bonds. The van der Waals surface area contributed by atoms with Crippen LogP contribution in [0.15, 0.2) is 72.8 Å². The van der Waals surface area contributed by atoms with Crippen LogP contribution in [0.5, 0.6) is 5.75 Å². The lowest BCUT2D eigenvalue weighted by molar-refractivity contribution is -0.137. The van der Waals surface area contributed by atoms with Gasteiger partial charge in [0.2, 0.25) is 0 Å². The third kappa shape index (κ3) is 7.12. The normalized spacial score (nSPS) is 13.7. The summed E-state index contributed by atoms with van der Waals surface area (Å²) in [4.78, 5) is 0. The fourth-order valence-corrected chi connectivity index (χ4v) is 4.00. The van der Waals surface area contributed by atoms with Crippen LogP contribution in [-0.4, -0.2) is 6.61 Å². The molecule has 0 fully saturated rings. The van der Waals surface area contributed by atoms with Gasteiger partial charge in [-0.1, -0.05) is 76.2 Å². The highest BCUT2D eigenvalue weighted by Gasteiger charge is 2.31. The maximum Gasteiger partial charge on any atom is 0.416 e. The summed E-state index contributed by atoms with van der Waals surface area (Å²) in [5.74, 6) is 1.38. The van der Waals surface area contributed by atoms with Crippen molar-refractivity contribution in [3.8, 4) is 5.75 Å². The van der Waals surface area contributed by atoms with E-state index in [1.54, 1.807) is 0 Å². The van der Waals surface area contributed by atoms with Crippen LogP contribution in [-0.2, 0) is 12.6 Å². The van der Waals surface area contributed by atoms with Crippen LogP contribution < -0.4 is 4.74 Å². The molecule has 3 aromatic rings. The number of hydrogen-bond donors (Lipinski definition) is 0. The topological polar surface area (TPSA) is 9.23 Å². The predicted octanol–water partition coefficient (Wildman–Crippen LogP) is 8.75. The van der Waals surface area contributed by atoms with Crippen molar-refractivity contribution in [2.75, 3.05) is 6.61 Å². The molecule has 2 atom stereocenters. The van der Waals surface area contributed by atoms with Gasteiger partial charge >= 0.3 is 6.18 Å². The van der Waals surface area contributed by atoms with Crippen molar-refractivity contribution < 1.29 is 17.9 Å². The molecule has 0 saturated heterocycles. The van der Waals surface area contributed by atoms with Gasteiger partial charge in [-0.15, -0.1) is 0 Å². The maximum atomic E-state index is 13.4. The number of benzene rings is 3. The first-order valence-electron chi connectivity index (χ1n) is 11.6. The molecule has 0 aromatic heterocycles. The number of halogens is 3. The number of ether oxygens (including phenoxy) is 1. The van der Waals surface area contributed by atoms with Gasteiger partial charge in [-0.05, 0) is 77.1 Å². The van der Waals surface area contributed by atoms with E-state index < -0.39 is 11.7 Å². The zero-order valence-electron chi connectivity index (χ0n) is 19.8. The molecule has 0 radical (unpaired) electrons. The lowest BCUT2D eigenvalue weighted by Crippen LogP contribution is -2.08. The van der Waals surface area contributed by atoms with E-state index in [4.69, 9.17) is 4.74 Å². The molecule has 0 aliphatic heterocycles. The summed E-state index contributed by atoms with van der Waals surface area (Å²) in [5.41, 5.74) is 3.27. The van der Waals surface area contributed by atoms with Crippen LogP contribution >= 0.6 is 0 Å². The fourth-order valence-electron chi connectivity index (χ4n) is 4.00. The maximum absolute atomic E-state index is 13.4. The predicted molar refractivity (Wildman–Crippen MR) is 129 cm³/mol. The number of hydrogen-bond acceptors (Lipinski definition) is 1. The van der Waals surface area contributed by atoms with Crippen molar-refractivity contribution in [2.24, 2.45) is 0 Å². The van der Waals surface area contributed by atoms with Crippen molar-refractivity contribution >= 4 is 0 Å². The molecular weight excluding hydrogens is 421 g/mol. The minimum atomic E-state index is -4.33. The second-order valence-electron chi connectivity index (χ2n) is 9.24. The molecule has 2 unspecified atom stereocenters. The van der Waals surface area contributed by atoms with Crippen molar-refractivity contribution in [3.05, 3.63) is 101 Å². The number of rotatable bonds is 9. The SMILES string of the molecule is CC(C)c1cc(CC(C)c2ccc(OCCC(C)c3ccccc3)cc2)cc(C(F)(F)F)c1. The van der Waals surface area contributed by atoms with Crippen LogP contribution in [0, 0.1) is 0 Å². The van der Waals surface area contributed by atoms with E-state index in [1.165, 1.54) is 17.7 Å². The van der Waals surface area contributed by atoms with E-state index in [9.17, 15) is 13.2 Å². The Labute approximate surface area is 195 Å². The Morgan fingerprint density at radius 1 is 0.727 bits per heavy atom. The first-order chi connectivity index (χ1) is 15.6. The molecule has 0 heterocycles. The summed E-state index contributed by atoms with van der Waals surface area (Å²) in [7, 11) is 0. The fraction of sp³-hybridized carbons (Fsp3) is 0.379. The van der Waals surface area contributed by atoms with Gasteiger partial charge in [-0.3, -0.25) is 0 Å². The molecule has 0 aliphatic carbocycles. The molecule has 176 valence electrons. The molecule has 1 nitrogen and oxygen atoms in total. The molecule has 0 spiro atoms. The molecule has 0 bridgehead atoms. The lowest BCUT2D eigenvalue weighted by Gasteiger charge is -2.17. The third-order valence-corrected chi connectivity index (χ3v) is 6.19. The Morgan fingerprint density at radius 3 is 1.97 bits per heavy atom. The van der Waals surface area contributed by atoms with Gasteiger partial charge in [0.05, 0.1) is 12.2 Å². The summed E-state index contributed by atoms with van der Waals surface area (Å²) >= 11 is 0. The van der Waals surface area contributed by atoms with Gasteiger partial charge in [0.1, 0.15) is 5.75 Å². The monoisotopic (exact) mass is 454 g/mol. The Morgan fingerprint density at radius 2 is 1.36 bits per heavy atom. The largest absolute Gasteiger partial charge is 0.494 e. The lowest BCUT2D eigenvalue weighted by atomic mass is 9.90. The molecule has 3 rings (SSSR count). The van der Waals surface area contributed by atoms with E-state index >= 15 is 0 Å². The molecular formula is C29H33F3O. The quantitative estimate of drug-likeness (QED) is 0.314. The summed E-state index contributed by atoms with van der Waals surface area (Å²) in [6.45, 7) is 8.71. The standard InChI is InChI=1S/C29H33F3O/c1-20(2)26-17-23(18-27(19-26)29(30,31)32)16-22(4)25-10-12-28(13-11-25)33-15-14-21(3)24-8-6-5-7-9-24/h5-13,17-22H,14-16H2,1-4H3. The average molecular weight is 455 g/mol. The first-order valence-corrected chi connectivity index (χ1v) is 11.6. The zero-order valence-corrected chi connectivity index (χ0v) is 19.8. The van der Waals surface area contributed by atoms with Crippen LogP contribution in [0.3, 0.4) is 0 Å². The van der Waals surface area contributed by atoms with E-state index in [-0.39, 0.29) is 11.8 Å². The van der Waals surface area contributed by atoms with Crippen LogP contribution in [0.2, 0.25) is 0 Å². The van der Waals surface area contributed by atoms with Crippen LogP contribution in [0.1, 0.15) is 79.7 Å². The van der Waals surface area contributed by atoms with Crippen LogP contribution in [0.4, 0.5) is 13.2 Å². The van der Waals surface area contributed by atoms with Crippen molar-refractivity contribution in [1.29, 1.82) is 0 Å². The molecule has 3 aromatic carbocycles.